The number of benzene rings is 2. The number of aryl methyl sites for hydroxylation is 2. The lowest BCUT2D eigenvalue weighted by Crippen LogP contribution is -2.49. The molecule has 0 bridgehead atoms. The van der Waals surface area contributed by atoms with Crippen LogP contribution in [-0.4, -0.2) is 64.4 Å². The van der Waals surface area contributed by atoms with Gasteiger partial charge in [0.25, 0.3) is 5.91 Å². The van der Waals surface area contributed by atoms with Gasteiger partial charge in [-0.25, -0.2) is 9.78 Å². The van der Waals surface area contributed by atoms with Crippen LogP contribution >= 0.6 is 0 Å². The van der Waals surface area contributed by atoms with Gasteiger partial charge in [-0.2, -0.15) is 0 Å². The van der Waals surface area contributed by atoms with E-state index in [4.69, 9.17) is 4.74 Å². The molecule has 0 spiro atoms. The first-order valence-corrected chi connectivity index (χ1v) is 10.8. The second-order valence-corrected chi connectivity index (χ2v) is 8.09. The summed E-state index contributed by atoms with van der Waals surface area (Å²) in [4.78, 5) is 36.6. The van der Waals surface area contributed by atoms with Gasteiger partial charge in [-0.05, 0) is 31.5 Å². The van der Waals surface area contributed by atoms with E-state index in [-0.39, 0.29) is 12.5 Å². The standard InChI is InChI=1S/C25H28N4O3/c1-18-19(2)27-24(26-18)21-8-10-22(11-9-21)25(31)32-17-23(30)29-14-12-28(13-15-29)16-20-6-4-3-5-7-20/h3-11H,12-17H2,1-2H3,(H,26,27). The number of imidazole rings is 1. The fourth-order valence-electron chi connectivity index (χ4n) is 3.75. The highest BCUT2D eigenvalue weighted by Gasteiger charge is 2.22. The minimum atomic E-state index is -0.501. The number of nitrogens with zero attached hydrogens (tertiary/aromatic N) is 3. The van der Waals surface area contributed by atoms with Crippen LogP contribution in [0.15, 0.2) is 54.6 Å². The molecule has 0 radical (unpaired) electrons. The maximum atomic E-state index is 12.5. The fourth-order valence-corrected chi connectivity index (χ4v) is 3.75. The lowest BCUT2D eigenvalue weighted by atomic mass is 10.1. The maximum Gasteiger partial charge on any atom is 0.338 e. The van der Waals surface area contributed by atoms with E-state index >= 15 is 0 Å². The molecule has 2 aromatic carbocycles. The number of H-pyrrole nitrogens is 1. The summed E-state index contributed by atoms with van der Waals surface area (Å²) < 4.78 is 5.27. The minimum absolute atomic E-state index is 0.157. The second-order valence-electron chi connectivity index (χ2n) is 8.09. The highest BCUT2D eigenvalue weighted by molar-refractivity contribution is 5.91. The molecule has 1 aromatic heterocycles. The molecule has 0 aliphatic carbocycles. The molecule has 7 nitrogen and oxygen atoms in total. The van der Waals surface area contributed by atoms with E-state index in [9.17, 15) is 9.59 Å². The van der Waals surface area contributed by atoms with Crippen molar-refractivity contribution in [2.75, 3.05) is 32.8 Å². The van der Waals surface area contributed by atoms with Crippen LogP contribution < -0.4 is 0 Å². The quantitative estimate of drug-likeness (QED) is 0.605. The van der Waals surface area contributed by atoms with Crippen LogP contribution in [0.2, 0.25) is 0 Å². The van der Waals surface area contributed by atoms with E-state index in [1.807, 2.05) is 44.2 Å². The first kappa shape index (κ1) is 21.8. The summed E-state index contributed by atoms with van der Waals surface area (Å²) in [5.74, 6) is 0.108. The Hall–Kier alpha value is -3.45. The molecule has 166 valence electrons. The van der Waals surface area contributed by atoms with Crippen molar-refractivity contribution >= 4 is 11.9 Å². The molecule has 1 aliphatic rings. The summed E-state index contributed by atoms with van der Waals surface area (Å²) in [6.45, 7) is 7.45. The van der Waals surface area contributed by atoms with Gasteiger partial charge in [-0.15, -0.1) is 0 Å². The van der Waals surface area contributed by atoms with E-state index in [1.165, 1.54) is 5.56 Å². The first-order valence-electron chi connectivity index (χ1n) is 10.8. The predicted molar refractivity (Wildman–Crippen MR) is 122 cm³/mol. The lowest BCUT2D eigenvalue weighted by Gasteiger charge is -2.34. The van der Waals surface area contributed by atoms with Crippen LogP contribution in [0.25, 0.3) is 11.4 Å². The molecule has 2 heterocycles. The van der Waals surface area contributed by atoms with Gasteiger partial charge in [0.1, 0.15) is 5.82 Å². The largest absolute Gasteiger partial charge is 0.452 e. The Bertz CT molecular complexity index is 1050. The highest BCUT2D eigenvalue weighted by Crippen LogP contribution is 2.19. The van der Waals surface area contributed by atoms with Gasteiger partial charge in [0.15, 0.2) is 6.61 Å². The molecule has 0 unspecified atom stereocenters. The zero-order valence-electron chi connectivity index (χ0n) is 18.5. The molecule has 0 saturated carbocycles. The monoisotopic (exact) mass is 432 g/mol. The molecule has 1 fully saturated rings. The van der Waals surface area contributed by atoms with Gasteiger partial charge in [0, 0.05) is 44.0 Å². The Balaban J connectivity index is 1.24. The molecule has 4 rings (SSSR count). The summed E-state index contributed by atoms with van der Waals surface area (Å²) in [6, 6.07) is 17.3. The third kappa shape index (κ3) is 5.23. The van der Waals surface area contributed by atoms with Crippen molar-refractivity contribution in [1.29, 1.82) is 0 Å². The Morgan fingerprint density at radius 3 is 2.28 bits per heavy atom. The van der Waals surface area contributed by atoms with Crippen LogP contribution in [0.5, 0.6) is 0 Å². The summed E-state index contributed by atoms with van der Waals surface area (Å²) in [6.07, 6.45) is 0. The van der Waals surface area contributed by atoms with Crippen molar-refractivity contribution in [1.82, 2.24) is 19.8 Å². The molecule has 1 N–H and O–H groups in total. The van der Waals surface area contributed by atoms with E-state index < -0.39 is 5.97 Å². The normalized spacial score (nSPS) is 14.4. The van der Waals surface area contributed by atoms with Crippen LogP contribution in [0.4, 0.5) is 0 Å². The smallest absolute Gasteiger partial charge is 0.338 e. The third-order valence-electron chi connectivity index (χ3n) is 5.82. The van der Waals surface area contributed by atoms with Gasteiger partial charge < -0.3 is 14.6 Å². The number of carbonyl (C=O) groups excluding carboxylic acids is 2. The van der Waals surface area contributed by atoms with Gasteiger partial charge in [0.05, 0.1) is 11.3 Å². The average molecular weight is 433 g/mol. The summed E-state index contributed by atoms with van der Waals surface area (Å²) >= 11 is 0. The number of hydrogen-bond acceptors (Lipinski definition) is 5. The molecule has 3 aromatic rings. The van der Waals surface area contributed by atoms with Gasteiger partial charge in [-0.3, -0.25) is 9.69 Å². The Kier molecular flexibility index (Phi) is 6.66. The molecule has 7 heteroatoms. The predicted octanol–water partition coefficient (Wildman–Crippen LogP) is 3.19. The minimum Gasteiger partial charge on any atom is -0.452 e. The summed E-state index contributed by atoms with van der Waals surface area (Å²) in [7, 11) is 0. The molecular weight excluding hydrogens is 404 g/mol. The molecular formula is C25H28N4O3. The number of aromatic nitrogens is 2. The van der Waals surface area contributed by atoms with Gasteiger partial charge in [-0.1, -0.05) is 42.5 Å². The first-order chi connectivity index (χ1) is 15.5. The van der Waals surface area contributed by atoms with Crippen LogP contribution in [0, 0.1) is 13.8 Å². The number of ether oxygens (including phenoxy) is 1. The van der Waals surface area contributed by atoms with Crippen molar-refractivity contribution in [2.24, 2.45) is 0 Å². The number of hydrogen-bond donors (Lipinski definition) is 1. The fraction of sp³-hybridized carbons (Fsp3) is 0.320. The van der Waals surface area contributed by atoms with E-state index in [2.05, 4.69) is 27.0 Å². The number of piperazine rings is 1. The van der Waals surface area contributed by atoms with Gasteiger partial charge >= 0.3 is 5.97 Å². The van der Waals surface area contributed by atoms with Crippen LogP contribution in [0.1, 0.15) is 27.3 Å². The summed E-state index contributed by atoms with van der Waals surface area (Å²) in [5, 5.41) is 0. The lowest BCUT2D eigenvalue weighted by molar-refractivity contribution is -0.136. The topological polar surface area (TPSA) is 78.5 Å². The SMILES string of the molecule is Cc1nc(-c2ccc(C(=O)OCC(=O)N3CCN(Cc4ccccc4)CC3)cc2)[nH]c1C. The Morgan fingerprint density at radius 2 is 1.66 bits per heavy atom. The van der Waals surface area contributed by atoms with Crippen molar-refractivity contribution in [3.05, 3.63) is 77.1 Å². The molecule has 1 aliphatic heterocycles. The van der Waals surface area contributed by atoms with Crippen molar-refractivity contribution < 1.29 is 14.3 Å². The Labute approximate surface area is 188 Å². The molecule has 1 saturated heterocycles. The molecule has 1 amide bonds. The maximum absolute atomic E-state index is 12.5. The number of esters is 1. The number of aromatic amines is 1. The van der Waals surface area contributed by atoms with E-state index in [0.717, 1.165) is 42.4 Å². The zero-order valence-corrected chi connectivity index (χ0v) is 18.5. The summed E-state index contributed by atoms with van der Waals surface area (Å²) in [5.41, 5.74) is 4.53. The van der Waals surface area contributed by atoms with Crippen LogP contribution in [0.3, 0.4) is 0 Å². The van der Waals surface area contributed by atoms with Crippen molar-refractivity contribution in [3.63, 3.8) is 0 Å². The van der Waals surface area contributed by atoms with Crippen LogP contribution in [-0.2, 0) is 16.1 Å². The number of amides is 1. The second kappa shape index (κ2) is 9.78. The number of nitrogens with one attached hydrogen (secondary N) is 1. The van der Waals surface area contributed by atoms with Crippen molar-refractivity contribution in [2.45, 2.75) is 20.4 Å². The third-order valence-corrected chi connectivity index (χ3v) is 5.82. The molecule has 0 atom stereocenters. The zero-order chi connectivity index (χ0) is 22.5. The number of rotatable bonds is 6. The van der Waals surface area contributed by atoms with E-state index in [1.54, 1.807) is 17.0 Å². The number of carbonyl (C=O) groups is 2. The highest BCUT2D eigenvalue weighted by atomic mass is 16.5. The van der Waals surface area contributed by atoms with Crippen molar-refractivity contribution in [3.8, 4) is 11.4 Å². The Morgan fingerprint density at radius 1 is 0.969 bits per heavy atom. The van der Waals surface area contributed by atoms with Gasteiger partial charge in [0.2, 0.25) is 0 Å². The van der Waals surface area contributed by atoms with E-state index in [0.29, 0.717) is 18.7 Å². The average Bonchev–Trinajstić information content (AvgIpc) is 3.16. The molecule has 32 heavy (non-hydrogen) atoms.